The Morgan fingerprint density at radius 1 is 0.394 bits per heavy atom. The number of carboxylic acids is 4. The first-order chi connectivity index (χ1) is 15.1. The van der Waals surface area contributed by atoms with Crippen LogP contribution in [0.4, 0.5) is 0 Å². The molecule has 0 fully saturated rings. The molecule has 0 aliphatic heterocycles. The molecule has 0 aromatic heterocycles. The van der Waals surface area contributed by atoms with Crippen LogP contribution in [-0.4, -0.2) is 47.8 Å². The number of hydrogen-bond acceptors (Lipinski definition) is 8. The molecule has 0 aliphatic carbocycles. The molecule has 0 unspecified atom stereocenters. The van der Waals surface area contributed by atoms with Gasteiger partial charge in [-0.2, -0.15) is 0 Å². The average molecular weight is 563 g/mol. The van der Waals surface area contributed by atoms with E-state index in [0.717, 1.165) is 24.3 Å². The maximum absolute atomic E-state index is 9.64. The Kier molecular flexibility index (Phi) is 43.6. The Bertz CT molecular complexity index is 624. The summed E-state index contributed by atoms with van der Waals surface area (Å²) in [5.74, 6) is -4.66. The number of carbonyl (C=O) groups is 4. The SMILES string of the molecule is CC=CC=CC(=O)[O-].CC=CC=CC(=O)[O-].CC=CC=CC(=O)[O-].CC=CC=CC(=O)[O-].[Sn+4]. The molecular formula is C24H28O8Sn. The monoisotopic (exact) mass is 564 g/mol. The van der Waals surface area contributed by atoms with Crippen LogP contribution in [0.3, 0.4) is 0 Å². The molecule has 0 bridgehead atoms. The number of rotatable bonds is 8. The molecule has 0 rings (SSSR count). The number of aliphatic carboxylic acids is 4. The van der Waals surface area contributed by atoms with Crippen LogP contribution in [0.1, 0.15) is 27.7 Å². The van der Waals surface area contributed by atoms with Crippen molar-refractivity contribution in [2.24, 2.45) is 0 Å². The summed E-state index contributed by atoms with van der Waals surface area (Å²) in [6, 6.07) is 0. The van der Waals surface area contributed by atoms with Crippen molar-refractivity contribution in [1.82, 2.24) is 0 Å². The second-order valence-corrected chi connectivity index (χ2v) is 4.82. The van der Waals surface area contributed by atoms with Crippen LogP contribution in [0, 0.1) is 0 Å². The van der Waals surface area contributed by atoms with Crippen LogP contribution < -0.4 is 20.4 Å². The molecule has 0 spiro atoms. The predicted molar refractivity (Wildman–Crippen MR) is 122 cm³/mol. The fourth-order valence-electron chi connectivity index (χ4n) is 0.981. The van der Waals surface area contributed by atoms with Crippen LogP contribution in [0.5, 0.6) is 0 Å². The molecule has 33 heavy (non-hydrogen) atoms. The third kappa shape index (κ3) is 73.4. The first-order valence-corrected chi connectivity index (χ1v) is 9.10. The molecule has 0 heterocycles. The standard InChI is InChI=1S/4C6H8O2.Sn/c4*1-2-3-4-5-6(7)8;/h4*2-5H,1H3,(H,7,8);/q;;;;+4/p-4. The van der Waals surface area contributed by atoms with Crippen LogP contribution in [0.2, 0.25) is 0 Å². The Labute approximate surface area is 212 Å². The minimum Gasteiger partial charge on any atom is -0.545 e. The van der Waals surface area contributed by atoms with Gasteiger partial charge in [-0.05, 0) is 52.0 Å². The van der Waals surface area contributed by atoms with E-state index < -0.39 is 23.9 Å². The van der Waals surface area contributed by atoms with E-state index in [4.69, 9.17) is 0 Å². The zero-order chi connectivity index (χ0) is 25.6. The Balaban J connectivity index is -0.000000105. The van der Waals surface area contributed by atoms with E-state index in [9.17, 15) is 39.6 Å². The van der Waals surface area contributed by atoms with Gasteiger partial charge in [-0.1, -0.05) is 72.9 Å². The summed E-state index contributed by atoms with van der Waals surface area (Å²) in [6.45, 7) is 7.22. The van der Waals surface area contributed by atoms with Crippen molar-refractivity contribution < 1.29 is 39.6 Å². The number of allylic oxidation sites excluding steroid dienone is 12. The van der Waals surface area contributed by atoms with Gasteiger partial charge in [0.2, 0.25) is 0 Å². The van der Waals surface area contributed by atoms with Gasteiger partial charge in [-0.25, -0.2) is 0 Å². The minimum absolute atomic E-state index is 0. The van der Waals surface area contributed by atoms with Gasteiger partial charge in [-0.15, -0.1) is 0 Å². The van der Waals surface area contributed by atoms with Crippen molar-refractivity contribution in [3.8, 4) is 0 Å². The molecule has 0 aromatic rings. The normalized spacial score (nSPS) is 10.8. The molecule has 0 amide bonds. The summed E-state index contributed by atoms with van der Waals surface area (Å²) in [4.78, 5) is 38.6. The summed E-state index contributed by atoms with van der Waals surface area (Å²) < 4.78 is 0. The fourth-order valence-corrected chi connectivity index (χ4v) is 0.981. The van der Waals surface area contributed by atoms with Crippen molar-refractivity contribution in [3.63, 3.8) is 0 Å². The van der Waals surface area contributed by atoms with E-state index in [1.54, 1.807) is 76.3 Å². The van der Waals surface area contributed by atoms with Gasteiger partial charge in [-0.3, -0.25) is 0 Å². The van der Waals surface area contributed by atoms with Crippen molar-refractivity contribution in [1.29, 1.82) is 0 Å². The molecule has 0 saturated heterocycles. The minimum atomic E-state index is -1.16. The molecule has 0 radical (unpaired) electrons. The van der Waals surface area contributed by atoms with Crippen LogP contribution in [0.15, 0.2) is 97.2 Å². The molecule has 0 atom stereocenters. The van der Waals surface area contributed by atoms with Gasteiger partial charge in [0.05, 0.1) is 23.9 Å². The molecule has 0 aromatic carbocycles. The zero-order valence-electron chi connectivity index (χ0n) is 19.0. The smallest absolute Gasteiger partial charge is 0.545 e. The second-order valence-electron chi connectivity index (χ2n) is 4.82. The van der Waals surface area contributed by atoms with Crippen molar-refractivity contribution in [2.75, 3.05) is 0 Å². The fraction of sp³-hybridized carbons (Fsp3) is 0.167. The topological polar surface area (TPSA) is 161 Å². The van der Waals surface area contributed by atoms with E-state index in [2.05, 4.69) is 0 Å². The van der Waals surface area contributed by atoms with Gasteiger partial charge in [0.25, 0.3) is 0 Å². The number of carboxylic acid groups (broad SMARTS) is 4. The van der Waals surface area contributed by atoms with Crippen molar-refractivity contribution in [3.05, 3.63) is 97.2 Å². The summed E-state index contributed by atoms with van der Waals surface area (Å²) in [5, 5.41) is 38.6. The second kappa shape index (κ2) is 36.0. The Morgan fingerprint density at radius 2 is 0.545 bits per heavy atom. The van der Waals surface area contributed by atoms with E-state index in [1.165, 1.54) is 24.3 Å². The van der Waals surface area contributed by atoms with E-state index >= 15 is 0 Å². The maximum atomic E-state index is 9.64. The average Bonchev–Trinajstić information content (AvgIpc) is 2.69. The summed E-state index contributed by atoms with van der Waals surface area (Å²) in [6.07, 6.45) is 23.0. The van der Waals surface area contributed by atoms with Crippen molar-refractivity contribution >= 4 is 47.8 Å². The van der Waals surface area contributed by atoms with Gasteiger partial charge in [0, 0.05) is 0 Å². The Morgan fingerprint density at radius 3 is 0.636 bits per heavy atom. The molecule has 8 nitrogen and oxygen atoms in total. The molecule has 176 valence electrons. The van der Waals surface area contributed by atoms with Gasteiger partial charge in [0.1, 0.15) is 0 Å². The molecule has 9 heteroatoms. The van der Waals surface area contributed by atoms with Crippen molar-refractivity contribution in [2.45, 2.75) is 27.7 Å². The molecular weight excluding hydrogens is 535 g/mol. The summed E-state index contributed by atoms with van der Waals surface area (Å²) in [7, 11) is 0. The zero-order valence-corrected chi connectivity index (χ0v) is 21.9. The predicted octanol–water partition coefficient (Wildman–Crippen LogP) is -0.906. The van der Waals surface area contributed by atoms with Crippen LogP contribution >= 0.6 is 0 Å². The van der Waals surface area contributed by atoms with Gasteiger partial charge in [0.15, 0.2) is 0 Å². The summed E-state index contributed by atoms with van der Waals surface area (Å²) in [5.41, 5.74) is 0. The van der Waals surface area contributed by atoms with Crippen LogP contribution in [-0.2, 0) is 19.2 Å². The third-order valence-electron chi connectivity index (χ3n) is 2.14. The molecule has 0 saturated carbocycles. The molecule has 0 aliphatic rings. The number of carbonyl (C=O) groups excluding carboxylic acids is 4. The van der Waals surface area contributed by atoms with Gasteiger partial charge < -0.3 is 39.6 Å². The van der Waals surface area contributed by atoms with E-state index in [1.807, 2.05) is 0 Å². The summed E-state index contributed by atoms with van der Waals surface area (Å²) >= 11 is 0. The van der Waals surface area contributed by atoms with E-state index in [-0.39, 0.29) is 23.9 Å². The van der Waals surface area contributed by atoms with E-state index in [0.29, 0.717) is 0 Å². The first-order valence-electron chi connectivity index (χ1n) is 9.10. The Hall–Kier alpha value is -3.40. The quantitative estimate of drug-likeness (QED) is 0.209. The van der Waals surface area contributed by atoms with Gasteiger partial charge >= 0.3 is 23.9 Å². The number of hydrogen-bond donors (Lipinski definition) is 0. The third-order valence-corrected chi connectivity index (χ3v) is 2.14. The first kappa shape index (κ1) is 40.0. The van der Waals surface area contributed by atoms with Crippen LogP contribution in [0.25, 0.3) is 0 Å². The molecule has 0 N–H and O–H groups in total. The maximum Gasteiger partial charge on any atom is 4.00 e. The largest absolute Gasteiger partial charge is 4.00 e.